The molecule has 9 heteroatoms. The first-order chi connectivity index (χ1) is 13.0. The summed E-state index contributed by atoms with van der Waals surface area (Å²) in [6.45, 7) is 5.54. The quantitative estimate of drug-likeness (QED) is 0.560. The summed E-state index contributed by atoms with van der Waals surface area (Å²) in [6.07, 6.45) is 0.951. The summed E-state index contributed by atoms with van der Waals surface area (Å²) < 4.78 is 25.5. The molecule has 1 N–H and O–H groups in total. The van der Waals surface area contributed by atoms with Crippen LogP contribution in [0.1, 0.15) is 32.3 Å². The van der Waals surface area contributed by atoms with Crippen LogP contribution in [0.25, 0.3) is 0 Å². The second kappa shape index (κ2) is 8.39. The summed E-state index contributed by atoms with van der Waals surface area (Å²) in [5.41, 5.74) is 1.44. The summed E-state index contributed by atoms with van der Waals surface area (Å²) in [5.74, 6) is -0.201. The molecule has 0 saturated carbocycles. The molecule has 0 bridgehead atoms. The van der Waals surface area contributed by atoms with Crippen molar-refractivity contribution in [3.05, 3.63) is 64.2 Å². The largest absolute Gasteiger partial charge is 0.324 e. The number of carbonyl (C=O) groups is 1. The molecule has 1 unspecified atom stereocenters. The minimum Gasteiger partial charge on any atom is -0.324 e. The third-order valence-electron chi connectivity index (χ3n) is 4.23. The molecule has 2 aromatic carbocycles. The SMILES string of the molecule is CC(C)c1ccc(NC(=O)C(C)N(c2cccc([N+](=O)[O-])c2)S(C)(=O)=O)cc1. The molecule has 150 valence electrons. The number of sulfonamides is 1. The first-order valence-electron chi connectivity index (χ1n) is 8.65. The smallest absolute Gasteiger partial charge is 0.271 e. The lowest BCUT2D eigenvalue weighted by Crippen LogP contribution is -2.45. The number of non-ortho nitro benzene ring substituents is 1. The fourth-order valence-corrected chi connectivity index (χ4v) is 3.92. The van der Waals surface area contributed by atoms with Crippen LogP contribution in [0.2, 0.25) is 0 Å². The predicted molar refractivity (Wildman–Crippen MR) is 109 cm³/mol. The highest BCUT2D eigenvalue weighted by molar-refractivity contribution is 7.92. The molecule has 0 aliphatic rings. The first-order valence-corrected chi connectivity index (χ1v) is 10.5. The fourth-order valence-electron chi connectivity index (χ4n) is 2.75. The Morgan fingerprint density at radius 3 is 2.21 bits per heavy atom. The maximum atomic E-state index is 12.7. The Kier molecular flexibility index (Phi) is 6.40. The van der Waals surface area contributed by atoms with E-state index in [0.29, 0.717) is 11.6 Å². The highest BCUT2D eigenvalue weighted by Gasteiger charge is 2.30. The minimum atomic E-state index is -3.87. The van der Waals surface area contributed by atoms with Crippen LogP contribution in [0, 0.1) is 10.1 Å². The van der Waals surface area contributed by atoms with Crippen LogP contribution in [0.4, 0.5) is 17.1 Å². The molecule has 8 nitrogen and oxygen atoms in total. The van der Waals surface area contributed by atoms with E-state index in [9.17, 15) is 23.3 Å². The average Bonchev–Trinajstić information content (AvgIpc) is 2.61. The van der Waals surface area contributed by atoms with Crippen LogP contribution >= 0.6 is 0 Å². The van der Waals surface area contributed by atoms with Crippen LogP contribution in [0.3, 0.4) is 0 Å². The maximum absolute atomic E-state index is 12.7. The van der Waals surface area contributed by atoms with Gasteiger partial charge in [0.1, 0.15) is 6.04 Å². The van der Waals surface area contributed by atoms with Crippen molar-refractivity contribution in [1.29, 1.82) is 0 Å². The Morgan fingerprint density at radius 2 is 1.71 bits per heavy atom. The lowest BCUT2D eigenvalue weighted by molar-refractivity contribution is -0.384. The Hall–Kier alpha value is -2.94. The predicted octanol–water partition coefficient (Wildman–Crippen LogP) is 3.51. The molecule has 0 saturated heterocycles. The van der Waals surface area contributed by atoms with Crippen LogP contribution in [0.15, 0.2) is 48.5 Å². The van der Waals surface area contributed by atoms with E-state index in [4.69, 9.17) is 0 Å². The molecule has 0 aromatic heterocycles. The van der Waals surface area contributed by atoms with Crippen LogP contribution < -0.4 is 9.62 Å². The zero-order chi connectivity index (χ0) is 21.1. The molecule has 0 aliphatic carbocycles. The zero-order valence-electron chi connectivity index (χ0n) is 16.1. The molecular weight excluding hydrogens is 382 g/mol. The molecule has 1 atom stereocenters. The normalized spacial score (nSPS) is 12.5. The summed E-state index contributed by atoms with van der Waals surface area (Å²) in [6, 6.07) is 11.3. The molecule has 0 spiro atoms. The molecule has 2 rings (SSSR count). The number of carbonyl (C=O) groups excluding carboxylic acids is 1. The van der Waals surface area contributed by atoms with Gasteiger partial charge in [0, 0.05) is 17.8 Å². The van der Waals surface area contributed by atoms with Crippen molar-refractivity contribution >= 4 is 33.0 Å². The van der Waals surface area contributed by atoms with Gasteiger partial charge in [-0.15, -0.1) is 0 Å². The van der Waals surface area contributed by atoms with Crippen molar-refractivity contribution in [3.8, 4) is 0 Å². The van der Waals surface area contributed by atoms with Gasteiger partial charge in [-0.05, 0) is 36.6 Å². The van der Waals surface area contributed by atoms with E-state index >= 15 is 0 Å². The molecule has 0 aliphatic heterocycles. The second-order valence-corrected chi connectivity index (χ2v) is 8.64. The fraction of sp³-hybridized carbons (Fsp3) is 0.316. The van der Waals surface area contributed by atoms with Crippen LogP contribution in [-0.2, 0) is 14.8 Å². The number of rotatable bonds is 7. The Morgan fingerprint density at radius 1 is 1.11 bits per heavy atom. The topological polar surface area (TPSA) is 110 Å². The van der Waals surface area contributed by atoms with Crippen molar-refractivity contribution < 1.29 is 18.1 Å². The summed E-state index contributed by atoms with van der Waals surface area (Å²) in [7, 11) is -3.87. The number of nitro groups is 1. The standard InChI is InChI=1S/C19H23N3O5S/c1-13(2)15-8-10-16(11-9-15)20-19(23)14(3)21(28(4,26)27)17-6-5-7-18(12-17)22(24)25/h5-14H,1-4H3,(H,20,23). The van der Waals surface area contributed by atoms with Crippen LogP contribution in [0.5, 0.6) is 0 Å². The van der Waals surface area contributed by atoms with Gasteiger partial charge in [0.05, 0.1) is 16.9 Å². The Balaban J connectivity index is 2.30. The van der Waals surface area contributed by atoms with Crippen molar-refractivity contribution in [2.75, 3.05) is 15.9 Å². The van der Waals surface area contributed by atoms with E-state index in [1.54, 1.807) is 12.1 Å². The highest BCUT2D eigenvalue weighted by Crippen LogP contribution is 2.26. The molecular formula is C19H23N3O5S. The van der Waals surface area contributed by atoms with Gasteiger partial charge in [0.15, 0.2) is 0 Å². The molecule has 0 heterocycles. The lowest BCUT2D eigenvalue weighted by atomic mass is 10.0. The molecule has 28 heavy (non-hydrogen) atoms. The summed E-state index contributed by atoms with van der Waals surface area (Å²) >= 11 is 0. The van der Waals surface area contributed by atoms with Gasteiger partial charge < -0.3 is 5.32 Å². The van der Waals surface area contributed by atoms with Gasteiger partial charge in [0.25, 0.3) is 5.69 Å². The number of benzene rings is 2. The number of nitrogens with one attached hydrogen (secondary N) is 1. The van der Waals surface area contributed by atoms with Gasteiger partial charge in [0.2, 0.25) is 15.9 Å². The van der Waals surface area contributed by atoms with E-state index in [2.05, 4.69) is 19.2 Å². The van der Waals surface area contributed by atoms with E-state index in [-0.39, 0.29) is 11.4 Å². The molecule has 0 fully saturated rings. The number of amides is 1. The van der Waals surface area contributed by atoms with E-state index in [1.165, 1.54) is 25.1 Å². The number of hydrogen-bond acceptors (Lipinski definition) is 5. The molecule has 0 radical (unpaired) electrons. The number of nitro benzene ring substituents is 1. The first kappa shape index (κ1) is 21.4. The van der Waals surface area contributed by atoms with Gasteiger partial charge in [-0.3, -0.25) is 19.2 Å². The number of anilines is 2. The Bertz CT molecular complexity index is 971. The van der Waals surface area contributed by atoms with Crippen molar-refractivity contribution in [3.63, 3.8) is 0 Å². The van der Waals surface area contributed by atoms with E-state index in [1.807, 2.05) is 12.1 Å². The van der Waals surface area contributed by atoms with Gasteiger partial charge >= 0.3 is 0 Å². The zero-order valence-corrected chi connectivity index (χ0v) is 16.9. The van der Waals surface area contributed by atoms with Crippen LogP contribution in [-0.4, -0.2) is 31.5 Å². The van der Waals surface area contributed by atoms with Crippen molar-refractivity contribution in [2.45, 2.75) is 32.7 Å². The summed E-state index contributed by atoms with van der Waals surface area (Å²) in [4.78, 5) is 23.0. The Labute approximate surface area is 164 Å². The maximum Gasteiger partial charge on any atom is 0.271 e. The lowest BCUT2D eigenvalue weighted by Gasteiger charge is -2.28. The number of hydrogen-bond donors (Lipinski definition) is 1. The molecule has 1 amide bonds. The van der Waals surface area contributed by atoms with Crippen molar-refractivity contribution in [2.24, 2.45) is 0 Å². The monoisotopic (exact) mass is 405 g/mol. The van der Waals surface area contributed by atoms with Gasteiger partial charge in [-0.2, -0.15) is 0 Å². The molecule has 2 aromatic rings. The minimum absolute atomic E-state index is 0.0505. The third-order valence-corrected chi connectivity index (χ3v) is 5.47. The van der Waals surface area contributed by atoms with Gasteiger partial charge in [-0.25, -0.2) is 8.42 Å². The summed E-state index contributed by atoms with van der Waals surface area (Å²) in [5, 5.41) is 13.7. The van der Waals surface area contributed by atoms with Crippen molar-refractivity contribution in [1.82, 2.24) is 0 Å². The van der Waals surface area contributed by atoms with Gasteiger partial charge in [-0.1, -0.05) is 32.0 Å². The third kappa shape index (κ3) is 5.07. The van der Waals surface area contributed by atoms with E-state index < -0.39 is 26.9 Å². The van der Waals surface area contributed by atoms with E-state index in [0.717, 1.165) is 22.2 Å². The highest BCUT2D eigenvalue weighted by atomic mass is 32.2. The second-order valence-electron chi connectivity index (χ2n) is 6.78. The average molecular weight is 405 g/mol. The number of nitrogens with zero attached hydrogens (tertiary/aromatic N) is 2.